The molecule has 2 aliphatic heterocycles. The molecule has 2 amide bonds. The van der Waals surface area contributed by atoms with Gasteiger partial charge in [0, 0.05) is 70.3 Å². The first kappa shape index (κ1) is 20.1. The van der Waals surface area contributed by atoms with Gasteiger partial charge in [-0.1, -0.05) is 29.8 Å². The molecule has 1 unspecified atom stereocenters. The number of piperazine rings is 2. The summed E-state index contributed by atoms with van der Waals surface area (Å²) in [5.74, 6) is 0.261. The van der Waals surface area contributed by atoms with Crippen molar-refractivity contribution in [2.45, 2.75) is 19.9 Å². The van der Waals surface area contributed by atoms with Crippen LogP contribution in [-0.4, -0.2) is 90.3 Å². The van der Waals surface area contributed by atoms with Gasteiger partial charge < -0.3 is 9.80 Å². The van der Waals surface area contributed by atoms with Crippen molar-refractivity contribution < 1.29 is 9.59 Å². The number of halogens is 1. The monoisotopic (exact) mass is 392 g/mol. The third-order valence-corrected chi connectivity index (χ3v) is 6.09. The molecule has 2 fully saturated rings. The zero-order valence-corrected chi connectivity index (χ0v) is 17.0. The average Bonchev–Trinajstić information content (AvgIpc) is 2.68. The van der Waals surface area contributed by atoms with Crippen molar-refractivity contribution in [3.05, 3.63) is 34.9 Å². The first-order chi connectivity index (χ1) is 13.0. The molecule has 3 rings (SSSR count). The largest absolute Gasteiger partial charge is 0.339 e. The van der Waals surface area contributed by atoms with Crippen molar-refractivity contribution in [3.8, 4) is 0 Å². The lowest BCUT2D eigenvalue weighted by molar-refractivity contribution is -0.139. The number of hydrogen-bond donors (Lipinski definition) is 0. The Morgan fingerprint density at radius 3 is 2.15 bits per heavy atom. The highest BCUT2D eigenvalue weighted by Gasteiger charge is 2.27. The molecule has 1 aromatic rings. The fourth-order valence-corrected chi connectivity index (χ4v) is 4.18. The van der Waals surface area contributed by atoms with Crippen LogP contribution in [0.2, 0.25) is 5.02 Å². The number of nitrogens with zero attached hydrogens (tertiary/aromatic N) is 4. The van der Waals surface area contributed by atoms with E-state index in [1.165, 1.54) is 0 Å². The maximum Gasteiger partial charge on any atom is 0.236 e. The Labute approximate surface area is 166 Å². The van der Waals surface area contributed by atoms with Crippen LogP contribution in [0.15, 0.2) is 24.3 Å². The highest BCUT2D eigenvalue weighted by molar-refractivity contribution is 6.31. The van der Waals surface area contributed by atoms with Gasteiger partial charge in [0.15, 0.2) is 0 Å². The van der Waals surface area contributed by atoms with Crippen LogP contribution in [-0.2, 0) is 9.59 Å². The summed E-state index contributed by atoms with van der Waals surface area (Å²) in [6.45, 7) is 10.4. The van der Waals surface area contributed by atoms with Crippen LogP contribution in [0.3, 0.4) is 0 Å². The van der Waals surface area contributed by atoms with Crippen LogP contribution in [0.4, 0.5) is 0 Å². The van der Waals surface area contributed by atoms with Crippen LogP contribution in [0.1, 0.15) is 25.5 Å². The van der Waals surface area contributed by atoms with Crippen molar-refractivity contribution >= 4 is 23.4 Å². The van der Waals surface area contributed by atoms with Crippen LogP contribution < -0.4 is 0 Å². The number of benzene rings is 1. The molecule has 0 aliphatic carbocycles. The van der Waals surface area contributed by atoms with E-state index in [1.54, 1.807) is 11.8 Å². The first-order valence-corrected chi connectivity index (χ1v) is 10.1. The quantitative estimate of drug-likeness (QED) is 0.782. The minimum atomic E-state index is 0.0888. The van der Waals surface area contributed by atoms with Gasteiger partial charge >= 0.3 is 0 Å². The second-order valence-electron chi connectivity index (χ2n) is 7.40. The van der Waals surface area contributed by atoms with E-state index >= 15 is 0 Å². The molecule has 0 bridgehead atoms. The van der Waals surface area contributed by atoms with Gasteiger partial charge in [-0.3, -0.25) is 19.4 Å². The summed E-state index contributed by atoms with van der Waals surface area (Å²) in [5.41, 5.74) is 1.16. The average molecular weight is 393 g/mol. The molecule has 0 N–H and O–H groups in total. The fourth-order valence-electron chi connectivity index (χ4n) is 3.88. The summed E-state index contributed by atoms with van der Waals surface area (Å²) < 4.78 is 0. The van der Waals surface area contributed by atoms with Gasteiger partial charge in [0.05, 0.1) is 6.54 Å². The molecule has 0 spiro atoms. The molecular formula is C20H29ClN4O2. The lowest BCUT2D eigenvalue weighted by Crippen LogP contribution is -2.54. The van der Waals surface area contributed by atoms with E-state index in [0.29, 0.717) is 32.7 Å². The van der Waals surface area contributed by atoms with E-state index in [4.69, 9.17) is 11.6 Å². The Hall–Kier alpha value is -1.63. The third-order valence-electron chi connectivity index (χ3n) is 5.75. The molecule has 1 atom stereocenters. The summed E-state index contributed by atoms with van der Waals surface area (Å²) in [6.07, 6.45) is 0. The Morgan fingerprint density at radius 2 is 1.56 bits per heavy atom. The summed E-state index contributed by atoms with van der Waals surface area (Å²) >= 11 is 6.34. The Bertz CT molecular complexity index is 668. The molecule has 2 aliphatic rings. The van der Waals surface area contributed by atoms with E-state index in [0.717, 1.165) is 36.8 Å². The Balaban J connectivity index is 1.45. The molecule has 0 aromatic heterocycles. The molecule has 148 valence electrons. The number of rotatable bonds is 4. The number of carbonyl (C=O) groups excluding carboxylic acids is 2. The fraction of sp³-hybridized carbons (Fsp3) is 0.600. The number of carbonyl (C=O) groups is 2. The molecule has 2 heterocycles. The lowest BCUT2D eigenvalue weighted by Gasteiger charge is -2.39. The van der Waals surface area contributed by atoms with Crippen molar-refractivity contribution in [2.75, 3.05) is 58.9 Å². The first-order valence-electron chi connectivity index (χ1n) is 9.70. The van der Waals surface area contributed by atoms with Gasteiger partial charge in [-0.15, -0.1) is 0 Å². The summed E-state index contributed by atoms with van der Waals surface area (Å²) in [4.78, 5) is 32.3. The molecule has 6 nitrogen and oxygen atoms in total. The van der Waals surface area contributed by atoms with Crippen LogP contribution in [0.5, 0.6) is 0 Å². The van der Waals surface area contributed by atoms with Gasteiger partial charge in [-0.05, 0) is 18.6 Å². The minimum absolute atomic E-state index is 0.0888. The van der Waals surface area contributed by atoms with Crippen molar-refractivity contribution in [2.24, 2.45) is 0 Å². The van der Waals surface area contributed by atoms with E-state index in [-0.39, 0.29) is 17.9 Å². The molecule has 0 radical (unpaired) electrons. The lowest BCUT2D eigenvalue weighted by atomic mass is 10.1. The highest BCUT2D eigenvalue weighted by Crippen LogP contribution is 2.27. The van der Waals surface area contributed by atoms with Crippen molar-refractivity contribution in [1.82, 2.24) is 19.6 Å². The zero-order chi connectivity index (χ0) is 19.4. The summed E-state index contributed by atoms with van der Waals surface area (Å²) in [6, 6.07) is 8.28. The standard InChI is InChI=1S/C20H29ClN4O2/c1-16(18-5-3-4-6-19(18)21)23-9-7-22(8-10-23)15-20(27)25-13-11-24(12-14-25)17(2)26/h3-6,16H,7-15H2,1-2H3. The number of amides is 2. The van der Waals surface area contributed by atoms with E-state index in [2.05, 4.69) is 22.8 Å². The smallest absolute Gasteiger partial charge is 0.236 e. The maximum atomic E-state index is 12.6. The van der Waals surface area contributed by atoms with Crippen molar-refractivity contribution in [3.63, 3.8) is 0 Å². The van der Waals surface area contributed by atoms with E-state index < -0.39 is 0 Å². The summed E-state index contributed by atoms with van der Waals surface area (Å²) in [5, 5.41) is 0.812. The second-order valence-corrected chi connectivity index (χ2v) is 7.80. The molecule has 1 aromatic carbocycles. The molecular weight excluding hydrogens is 364 g/mol. The normalized spacial score (nSPS) is 20.6. The predicted octanol–water partition coefficient (Wildman–Crippen LogP) is 1.71. The maximum absolute atomic E-state index is 12.6. The van der Waals surface area contributed by atoms with Gasteiger partial charge in [0.25, 0.3) is 0 Å². The predicted molar refractivity (Wildman–Crippen MR) is 107 cm³/mol. The van der Waals surface area contributed by atoms with Gasteiger partial charge in [0.2, 0.25) is 11.8 Å². The molecule has 2 saturated heterocycles. The Morgan fingerprint density at radius 1 is 0.963 bits per heavy atom. The topological polar surface area (TPSA) is 47.1 Å². The van der Waals surface area contributed by atoms with Crippen LogP contribution in [0, 0.1) is 0 Å². The van der Waals surface area contributed by atoms with Crippen LogP contribution in [0.25, 0.3) is 0 Å². The summed E-state index contributed by atoms with van der Waals surface area (Å²) in [7, 11) is 0. The second kappa shape index (κ2) is 9.04. The highest BCUT2D eigenvalue weighted by atomic mass is 35.5. The van der Waals surface area contributed by atoms with Crippen LogP contribution >= 0.6 is 11.6 Å². The van der Waals surface area contributed by atoms with Gasteiger partial charge in [-0.25, -0.2) is 0 Å². The molecule has 7 heteroatoms. The number of hydrogen-bond acceptors (Lipinski definition) is 4. The van der Waals surface area contributed by atoms with Gasteiger partial charge in [0.1, 0.15) is 0 Å². The van der Waals surface area contributed by atoms with E-state index in [9.17, 15) is 9.59 Å². The minimum Gasteiger partial charge on any atom is -0.339 e. The van der Waals surface area contributed by atoms with E-state index in [1.807, 2.05) is 23.1 Å². The third kappa shape index (κ3) is 5.00. The van der Waals surface area contributed by atoms with Gasteiger partial charge in [-0.2, -0.15) is 0 Å². The molecule has 27 heavy (non-hydrogen) atoms. The SMILES string of the molecule is CC(=O)N1CCN(C(=O)CN2CCN(C(C)c3ccccc3Cl)CC2)CC1. The Kier molecular flexibility index (Phi) is 6.73. The zero-order valence-electron chi connectivity index (χ0n) is 16.2. The van der Waals surface area contributed by atoms with Crippen molar-refractivity contribution in [1.29, 1.82) is 0 Å². The molecule has 0 saturated carbocycles.